The average Bonchev–Trinajstić information content (AvgIpc) is 2.82. The molecule has 5 nitrogen and oxygen atoms in total. The SMILES string of the molecule is COC(=O)c1ccc(-n2c(=O)c3ccccc3c3ccccc3c2=O)cc1. The number of carbonyl (C=O) groups is 1. The number of ether oxygens (including phenoxy) is 1. The first-order chi connectivity index (χ1) is 13.1. The van der Waals surface area contributed by atoms with Crippen molar-refractivity contribution in [3.05, 3.63) is 99.1 Å². The molecule has 0 radical (unpaired) electrons. The zero-order valence-corrected chi connectivity index (χ0v) is 14.5. The first-order valence-corrected chi connectivity index (χ1v) is 8.37. The van der Waals surface area contributed by atoms with Gasteiger partial charge in [0.2, 0.25) is 0 Å². The van der Waals surface area contributed by atoms with E-state index in [2.05, 4.69) is 0 Å². The Kier molecular flexibility index (Phi) is 4.05. The van der Waals surface area contributed by atoms with E-state index in [4.69, 9.17) is 4.74 Å². The molecule has 5 heteroatoms. The Bertz CT molecular complexity index is 1230. The summed E-state index contributed by atoms with van der Waals surface area (Å²) < 4.78 is 5.83. The molecule has 0 unspecified atom stereocenters. The first-order valence-electron chi connectivity index (χ1n) is 8.37. The van der Waals surface area contributed by atoms with Gasteiger partial charge in [0.25, 0.3) is 11.1 Å². The maximum Gasteiger partial charge on any atom is 0.337 e. The van der Waals surface area contributed by atoms with Gasteiger partial charge in [0.15, 0.2) is 0 Å². The van der Waals surface area contributed by atoms with E-state index in [1.54, 1.807) is 36.4 Å². The van der Waals surface area contributed by atoms with Gasteiger partial charge in [-0.15, -0.1) is 0 Å². The van der Waals surface area contributed by atoms with Gasteiger partial charge in [-0.25, -0.2) is 9.36 Å². The summed E-state index contributed by atoms with van der Waals surface area (Å²) in [5, 5.41) is 2.35. The quantitative estimate of drug-likeness (QED) is 0.517. The second kappa shape index (κ2) is 6.53. The Balaban J connectivity index is 2.14. The summed E-state index contributed by atoms with van der Waals surface area (Å²) in [7, 11) is 1.30. The van der Waals surface area contributed by atoms with Crippen molar-refractivity contribution in [3.63, 3.8) is 0 Å². The van der Waals surface area contributed by atoms with Crippen LogP contribution in [0.4, 0.5) is 0 Å². The van der Waals surface area contributed by atoms with Crippen molar-refractivity contribution >= 4 is 27.5 Å². The van der Waals surface area contributed by atoms with Crippen molar-refractivity contribution in [2.75, 3.05) is 7.11 Å². The maximum absolute atomic E-state index is 13.2. The molecular formula is C22H15NO4. The lowest BCUT2D eigenvalue weighted by molar-refractivity contribution is 0.0601. The Hall–Kier alpha value is -3.73. The highest BCUT2D eigenvalue weighted by atomic mass is 16.5. The summed E-state index contributed by atoms with van der Waals surface area (Å²) in [6.07, 6.45) is 0. The van der Waals surface area contributed by atoms with Crippen LogP contribution in [-0.4, -0.2) is 17.6 Å². The molecule has 0 N–H and O–H groups in total. The van der Waals surface area contributed by atoms with Gasteiger partial charge in [-0.2, -0.15) is 0 Å². The van der Waals surface area contributed by atoms with E-state index in [0.29, 0.717) is 22.0 Å². The smallest absolute Gasteiger partial charge is 0.337 e. The number of rotatable bonds is 2. The van der Waals surface area contributed by atoms with Crippen molar-refractivity contribution in [3.8, 4) is 5.69 Å². The molecule has 0 aliphatic heterocycles. The summed E-state index contributed by atoms with van der Waals surface area (Å²) in [6.45, 7) is 0. The van der Waals surface area contributed by atoms with E-state index in [9.17, 15) is 14.4 Å². The minimum Gasteiger partial charge on any atom is -0.465 e. The Morgan fingerprint density at radius 1 is 0.704 bits per heavy atom. The first kappa shape index (κ1) is 16.7. The largest absolute Gasteiger partial charge is 0.465 e. The number of aromatic nitrogens is 1. The predicted octanol–water partition coefficient (Wildman–Crippen LogP) is 3.29. The number of esters is 1. The van der Waals surface area contributed by atoms with Gasteiger partial charge < -0.3 is 4.74 Å². The van der Waals surface area contributed by atoms with E-state index >= 15 is 0 Å². The van der Waals surface area contributed by atoms with Crippen LogP contribution in [0.5, 0.6) is 0 Å². The lowest BCUT2D eigenvalue weighted by atomic mass is 10.1. The van der Waals surface area contributed by atoms with Crippen LogP contribution in [-0.2, 0) is 4.74 Å². The van der Waals surface area contributed by atoms with E-state index in [1.807, 2.05) is 24.3 Å². The van der Waals surface area contributed by atoms with Gasteiger partial charge in [0.1, 0.15) is 0 Å². The average molecular weight is 357 g/mol. The van der Waals surface area contributed by atoms with Crippen molar-refractivity contribution in [1.29, 1.82) is 0 Å². The van der Waals surface area contributed by atoms with Crippen LogP contribution in [0.3, 0.4) is 0 Å². The van der Waals surface area contributed by atoms with Gasteiger partial charge in [-0.05, 0) is 47.2 Å². The second-order valence-electron chi connectivity index (χ2n) is 6.08. The predicted molar refractivity (Wildman–Crippen MR) is 105 cm³/mol. The van der Waals surface area contributed by atoms with Crippen molar-refractivity contribution < 1.29 is 9.53 Å². The van der Waals surface area contributed by atoms with Crippen molar-refractivity contribution in [2.45, 2.75) is 0 Å². The van der Waals surface area contributed by atoms with E-state index < -0.39 is 17.1 Å². The molecule has 0 saturated carbocycles. The van der Waals surface area contributed by atoms with Gasteiger partial charge in [-0.3, -0.25) is 9.59 Å². The number of carbonyl (C=O) groups excluding carboxylic acids is 1. The molecular weight excluding hydrogens is 342 g/mol. The van der Waals surface area contributed by atoms with Crippen LogP contribution in [0.15, 0.2) is 82.4 Å². The fourth-order valence-corrected chi connectivity index (χ4v) is 3.24. The van der Waals surface area contributed by atoms with E-state index in [0.717, 1.165) is 15.3 Å². The number of benzene rings is 3. The molecule has 0 saturated heterocycles. The van der Waals surface area contributed by atoms with Gasteiger partial charge in [-0.1, -0.05) is 36.4 Å². The minimum atomic E-state index is -0.481. The Labute approximate surface area is 154 Å². The molecule has 0 spiro atoms. The summed E-state index contributed by atoms with van der Waals surface area (Å²) in [5.74, 6) is -0.481. The Morgan fingerprint density at radius 2 is 1.15 bits per heavy atom. The highest BCUT2D eigenvalue weighted by molar-refractivity contribution is 6.05. The summed E-state index contributed by atoms with van der Waals surface area (Å²) in [5.41, 5.74) is -0.0730. The van der Waals surface area contributed by atoms with Crippen molar-refractivity contribution in [2.24, 2.45) is 0 Å². The number of methoxy groups -OCH3 is 1. The molecule has 3 aromatic carbocycles. The third-order valence-electron chi connectivity index (χ3n) is 4.56. The van der Waals surface area contributed by atoms with Crippen LogP contribution in [0.2, 0.25) is 0 Å². The highest BCUT2D eigenvalue weighted by Crippen LogP contribution is 2.20. The van der Waals surface area contributed by atoms with Crippen LogP contribution in [0.1, 0.15) is 10.4 Å². The number of nitrogens with zero attached hydrogens (tertiary/aromatic N) is 1. The summed E-state index contributed by atoms with van der Waals surface area (Å²) in [4.78, 5) is 38.1. The molecule has 4 aromatic rings. The van der Waals surface area contributed by atoms with Gasteiger partial charge in [0, 0.05) is 10.8 Å². The molecule has 27 heavy (non-hydrogen) atoms. The molecule has 1 aromatic heterocycles. The molecule has 0 bridgehead atoms. The summed E-state index contributed by atoms with van der Waals surface area (Å²) in [6, 6.07) is 20.5. The number of fused-ring (bicyclic) bond motifs is 3. The standard InChI is InChI=1S/C22H15NO4/c1-27-22(26)14-10-12-15(13-11-14)23-20(24)18-8-4-2-6-16(18)17-7-3-5-9-19(17)21(23)25/h2-13H,1H3. The third-order valence-corrected chi connectivity index (χ3v) is 4.56. The minimum absolute atomic E-state index is 0.344. The van der Waals surface area contributed by atoms with E-state index in [1.165, 1.54) is 19.2 Å². The highest BCUT2D eigenvalue weighted by Gasteiger charge is 2.13. The number of hydrogen-bond acceptors (Lipinski definition) is 4. The number of hydrogen-bond donors (Lipinski definition) is 0. The lowest BCUT2D eigenvalue weighted by Gasteiger charge is -2.04. The van der Waals surface area contributed by atoms with E-state index in [-0.39, 0.29) is 0 Å². The fourth-order valence-electron chi connectivity index (χ4n) is 3.24. The topological polar surface area (TPSA) is 65.4 Å². The van der Waals surface area contributed by atoms with Crippen LogP contribution in [0, 0.1) is 0 Å². The molecule has 1 heterocycles. The maximum atomic E-state index is 13.2. The molecule has 0 amide bonds. The fraction of sp³-hybridized carbons (Fsp3) is 0.0455. The van der Waals surface area contributed by atoms with Gasteiger partial charge >= 0.3 is 5.97 Å². The van der Waals surface area contributed by atoms with Crippen LogP contribution < -0.4 is 11.1 Å². The lowest BCUT2D eigenvalue weighted by Crippen LogP contribution is -2.28. The van der Waals surface area contributed by atoms with Crippen LogP contribution >= 0.6 is 0 Å². The van der Waals surface area contributed by atoms with Gasteiger partial charge in [0.05, 0.1) is 18.4 Å². The Morgan fingerprint density at radius 3 is 1.59 bits per heavy atom. The summed E-state index contributed by atoms with van der Waals surface area (Å²) >= 11 is 0. The molecule has 0 fully saturated rings. The zero-order valence-electron chi connectivity index (χ0n) is 14.5. The van der Waals surface area contributed by atoms with Crippen LogP contribution in [0.25, 0.3) is 27.2 Å². The normalized spacial score (nSPS) is 10.9. The monoisotopic (exact) mass is 357 g/mol. The molecule has 4 rings (SSSR count). The molecule has 0 atom stereocenters. The molecule has 132 valence electrons. The third kappa shape index (κ3) is 2.69. The zero-order chi connectivity index (χ0) is 19.0. The second-order valence-corrected chi connectivity index (χ2v) is 6.08. The molecule has 0 aliphatic carbocycles. The van der Waals surface area contributed by atoms with Crippen molar-refractivity contribution in [1.82, 2.24) is 4.57 Å². The molecule has 0 aliphatic rings.